The van der Waals surface area contributed by atoms with Crippen molar-refractivity contribution in [1.82, 2.24) is 4.57 Å². The Hall–Kier alpha value is -4.30. The molecular formula is C34H27NO. The van der Waals surface area contributed by atoms with Crippen molar-refractivity contribution in [2.45, 2.75) is 26.2 Å². The van der Waals surface area contributed by atoms with Crippen LogP contribution in [0.15, 0.2) is 113 Å². The normalized spacial score (nSPS) is 14.2. The Kier molecular flexibility index (Phi) is 3.46. The molecule has 2 nitrogen and oxygen atoms in total. The molecule has 0 aliphatic carbocycles. The Labute approximate surface area is 217 Å². The fraction of sp³-hybridized carbons (Fsp3) is 0.118. The van der Waals surface area contributed by atoms with Gasteiger partial charge in [-0.2, -0.15) is 0 Å². The van der Waals surface area contributed by atoms with Gasteiger partial charge in [0, 0.05) is 21.5 Å². The molecule has 174 valence electrons. The first kappa shape index (κ1) is 16.4. The van der Waals surface area contributed by atoms with E-state index in [9.17, 15) is 0 Å². The van der Waals surface area contributed by atoms with E-state index in [1.54, 1.807) is 0 Å². The average molecular weight is 471 g/mol. The molecule has 2 heteroatoms. The quantitative estimate of drug-likeness (QED) is 0.246. The Morgan fingerprint density at radius 1 is 0.667 bits per heavy atom. The number of para-hydroxylation sites is 2. The maximum absolute atomic E-state index is 8.72. The number of rotatable bonds is 2. The van der Waals surface area contributed by atoms with Gasteiger partial charge in [-0.15, -0.1) is 0 Å². The molecule has 0 aliphatic rings. The molecule has 2 heterocycles. The minimum absolute atomic E-state index is 0.173. The summed E-state index contributed by atoms with van der Waals surface area (Å²) in [7, 11) is 0. The molecule has 0 saturated carbocycles. The molecule has 5 aromatic carbocycles. The first-order chi connectivity index (χ1) is 19.6. The fourth-order valence-electron chi connectivity index (χ4n) is 5.62. The summed E-state index contributed by atoms with van der Waals surface area (Å²) >= 11 is 0. The largest absolute Gasteiger partial charge is 0.456 e. The average Bonchev–Trinajstić information content (AvgIpc) is 3.50. The summed E-state index contributed by atoms with van der Waals surface area (Å²) in [5.74, 6) is 0. The molecule has 2 aromatic heterocycles. The van der Waals surface area contributed by atoms with E-state index in [0.717, 1.165) is 33.1 Å². The highest BCUT2D eigenvalue weighted by Crippen LogP contribution is 2.45. The minimum atomic E-state index is -0.406. The van der Waals surface area contributed by atoms with Gasteiger partial charge < -0.3 is 8.98 Å². The van der Waals surface area contributed by atoms with Crippen LogP contribution in [0.25, 0.3) is 60.6 Å². The standard InChI is InChI=1S/C34H27NO/c1-34(2,3)33-28(35-26-17-9-7-14-24(26)25-15-8-10-18-27(25)35)20-21-30-32(33)31-23(16-11-19-29(31)36-30)22-12-5-4-6-13-22/h4-21H,1-3H3/i4D,5D,6D,12D,13D. The van der Waals surface area contributed by atoms with Gasteiger partial charge in [0.15, 0.2) is 0 Å². The summed E-state index contributed by atoms with van der Waals surface area (Å²) < 4.78 is 50.8. The van der Waals surface area contributed by atoms with E-state index < -0.39 is 6.04 Å². The van der Waals surface area contributed by atoms with Crippen molar-refractivity contribution in [3.05, 3.63) is 115 Å². The van der Waals surface area contributed by atoms with Crippen LogP contribution in [-0.4, -0.2) is 4.57 Å². The lowest BCUT2D eigenvalue weighted by molar-refractivity contribution is 0.592. The van der Waals surface area contributed by atoms with Gasteiger partial charge in [-0.25, -0.2) is 0 Å². The van der Waals surface area contributed by atoms with Crippen LogP contribution >= 0.6 is 0 Å². The molecule has 0 amide bonds. The number of hydrogen-bond acceptors (Lipinski definition) is 1. The van der Waals surface area contributed by atoms with E-state index in [1.807, 2.05) is 24.3 Å². The van der Waals surface area contributed by atoms with E-state index in [0.29, 0.717) is 16.7 Å². The van der Waals surface area contributed by atoms with E-state index in [2.05, 4.69) is 79.9 Å². The fourth-order valence-corrected chi connectivity index (χ4v) is 5.62. The van der Waals surface area contributed by atoms with Gasteiger partial charge in [-0.05, 0) is 52.4 Å². The molecule has 36 heavy (non-hydrogen) atoms. The van der Waals surface area contributed by atoms with E-state index in [1.165, 1.54) is 10.8 Å². The number of nitrogens with zero attached hydrogens (tertiary/aromatic N) is 1. The lowest BCUT2D eigenvalue weighted by Gasteiger charge is -2.25. The third-order valence-corrected chi connectivity index (χ3v) is 6.98. The summed E-state index contributed by atoms with van der Waals surface area (Å²) in [6.07, 6.45) is 0. The van der Waals surface area contributed by atoms with Gasteiger partial charge in [-0.1, -0.05) is 99.5 Å². The first-order valence-electron chi connectivity index (χ1n) is 14.6. The summed E-state index contributed by atoms with van der Waals surface area (Å²) in [6.45, 7) is 6.52. The van der Waals surface area contributed by atoms with Gasteiger partial charge in [0.25, 0.3) is 0 Å². The highest BCUT2D eigenvalue weighted by Gasteiger charge is 2.28. The van der Waals surface area contributed by atoms with Gasteiger partial charge in [0.2, 0.25) is 0 Å². The summed E-state index contributed by atoms with van der Waals surface area (Å²) in [5.41, 5.74) is 5.94. The van der Waals surface area contributed by atoms with E-state index >= 15 is 0 Å². The van der Waals surface area contributed by atoms with Crippen molar-refractivity contribution in [3.63, 3.8) is 0 Å². The lowest BCUT2D eigenvalue weighted by atomic mass is 9.82. The van der Waals surface area contributed by atoms with Crippen LogP contribution in [0.3, 0.4) is 0 Å². The highest BCUT2D eigenvalue weighted by molar-refractivity contribution is 6.16. The molecule has 0 bridgehead atoms. The molecule has 7 aromatic rings. The van der Waals surface area contributed by atoms with Crippen molar-refractivity contribution in [1.29, 1.82) is 0 Å². The molecule has 0 aliphatic heterocycles. The number of aromatic nitrogens is 1. The molecule has 0 spiro atoms. The van der Waals surface area contributed by atoms with Gasteiger partial charge in [0.05, 0.1) is 23.6 Å². The second kappa shape index (κ2) is 7.60. The van der Waals surface area contributed by atoms with Crippen molar-refractivity contribution < 1.29 is 11.3 Å². The number of fused-ring (bicyclic) bond motifs is 6. The van der Waals surface area contributed by atoms with Crippen LogP contribution in [0.5, 0.6) is 0 Å². The zero-order valence-corrected chi connectivity index (χ0v) is 20.4. The van der Waals surface area contributed by atoms with Crippen LogP contribution in [0.4, 0.5) is 0 Å². The van der Waals surface area contributed by atoms with Crippen molar-refractivity contribution in [2.75, 3.05) is 0 Å². The summed E-state index contributed by atoms with van der Waals surface area (Å²) in [5, 5.41) is 3.96. The molecule has 7 rings (SSSR count). The molecule has 0 fully saturated rings. The Bertz CT molecular complexity index is 2120. The van der Waals surface area contributed by atoms with Crippen molar-refractivity contribution in [2.24, 2.45) is 0 Å². The highest BCUT2D eigenvalue weighted by atomic mass is 16.3. The predicted octanol–water partition coefficient (Wildman–Crippen LogP) is 9.65. The molecule has 0 unspecified atom stereocenters. The van der Waals surface area contributed by atoms with Gasteiger partial charge in [0.1, 0.15) is 11.2 Å². The van der Waals surface area contributed by atoms with Crippen molar-refractivity contribution in [3.8, 4) is 16.8 Å². The van der Waals surface area contributed by atoms with Crippen LogP contribution in [-0.2, 0) is 5.41 Å². The Morgan fingerprint density at radius 3 is 1.97 bits per heavy atom. The third-order valence-electron chi connectivity index (χ3n) is 6.98. The molecule has 0 N–H and O–H groups in total. The van der Waals surface area contributed by atoms with E-state index in [4.69, 9.17) is 11.3 Å². The minimum Gasteiger partial charge on any atom is -0.456 e. The first-order valence-corrected chi connectivity index (χ1v) is 12.1. The Balaban J connectivity index is 1.69. The summed E-state index contributed by atoms with van der Waals surface area (Å²) in [4.78, 5) is 0. The predicted molar refractivity (Wildman–Crippen MR) is 152 cm³/mol. The second-order valence-corrected chi connectivity index (χ2v) is 10.2. The maximum Gasteiger partial charge on any atom is 0.136 e. The zero-order chi connectivity index (χ0) is 28.8. The number of benzene rings is 5. The molecule has 0 radical (unpaired) electrons. The molecule has 0 atom stereocenters. The smallest absolute Gasteiger partial charge is 0.136 e. The topological polar surface area (TPSA) is 18.1 Å². The summed E-state index contributed by atoms with van der Waals surface area (Å²) in [6, 6.07) is 24.8. The molecule has 0 saturated heterocycles. The van der Waals surface area contributed by atoms with Crippen LogP contribution in [0.2, 0.25) is 0 Å². The van der Waals surface area contributed by atoms with Crippen LogP contribution in [0.1, 0.15) is 33.2 Å². The SMILES string of the molecule is [2H]c1c([2H])c([2H])c(-c2cccc3oc4ccc(-n5c6ccccc6c6ccccc65)c(C(C)(C)C)c4c23)c([2H])c1[2H]. The van der Waals surface area contributed by atoms with Gasteiger partial charge >= 0.3 is 0 Å². The van der Waals surface area contributed by atoms with Crippen LogP contribution in [0, 0.1) is 0 Å². The monoisotopic (exact) mass is 470 g/mol. The number of furan rings is 1. The third kappa shape index (κ3) is 2.97. The van der Waals surface area contributed by atoms with Gasteiger partial charge in [-0.3, -0.25) is 0 Å². The van der Waals surface area contributed by atoms with E-state index in [-0.39, 0.29) is 35.1 Å². The zero-order valence-electron chi connectivity index (χ0n) is 25.4. The van der Waals surface area contributed by atoms with Crippen molar-refractivity contribution >= 4 is 43.7 Å². The maximum atomic E-state index is 8.72. The number of hydrogen-bond donors (Lipinski definition) is 0. The molecular weight excluding hydrogens is 438 g/mol. The second-order valence-electron chi connectivity index (χ2n) is 10.2. The lowest BCUT2D eigenvalue weighted by Crippen LogP contribution is -2.16. The Morgan fingerprint density at radius 2 is 1.31 bits per heavy atom. The van der Waals surface area contributed by atoms with Crippen LogP contribution < -0.4 is 0 Å².